The van der Waals surface area contributed by atoms with Gasteiger partial charge in [0.15, 0.2) is 0 Å². The smallest absolute Gasteiger partial charge is 0.345 e. The maximum atomic E-state index is 4.18. The van der Waals surface area contributed by atoms with Crippen LogP contribution in [-0.2, 0) is 0 Å². The van der Waals surface area contributed by atoms with Gasteiger partial charge in [0.1, 0.15) is 0 Å². The van der Waals surface area contributed by atoms with Crippen LogP contribution >= 0.6 is 0 Å². The molecule has 0 saturated heterocycles. The topological polar surface area (TPSA) is 6.48 Å². The van der Waals surface area contributed by atoms with Gasteiger partial charge >= 0.3 is 18.9 Å². The molecule has 0 aliphatic carbocycles. The first-order valence-corrected chi connectivity index (χ1v) is 7.33. The Hall–Kier alpha value is 0.734. The quantitative estimate of drug-likeness (QED) is 0.269. The van der Waals surface area contributed by atoms with E-state index in [2.05, 4.69) is 44.0 Å². The Bertz CT molecular complexity index is 105. The summed E-state index contributed by atoms with van der Waals surface area (Å²) in [5, 5.41) is 0. The molecule has 14 heavy (non-hydrogen) atoms. The SMILES string of the molecule is [CH2-][SiH2]C(N(CC)CC)N(CC)CC.[Li+]. The van der Waals surface area contributed by atoms with Crippen LogP contribution in [0.3, 0.4) is 0 Å². The first kappa shape index (κ1) is 17.1. The van der Waals surface area contributed by atoms with Crippen molar-refractivity contribution >= 4 is 9.52 Å². The van der Waals surface area contributed by atoms with E-state index in [9.17, 15) is 0 Å². The van der Waals surface area contributed by atoms with Crippen molar-refractivity contribution in [2.24, 2.45) is 0 Å². The molecule has 0 spiro atoms. The fourth-order valence-electron chi connectivity index (χ4n) is 1.89. The van der Waals surface area contributed by atoms with Gasteiger partial charge < -0.3 is 6.55 Å². The molecule has 0 rings (SSSR count). The van der Waals surface area contributed by atoms with Crippen LogP contribution in [0.5, 0.6) is 0 Å². The van der Waals surface area contributed by atoms with Crippen LogP contribution in [0.1, 0.15) is 27.7 Å². The van der Waals surface area contributed by atoms with Gasteiger partial charge in [-0.15, -0.1) is 0 Å². The van der Waals surface area contributed by atoms with Crippen LogP contribution in [0.2, 0.25) is 0 Å². The Morgan fingerprint density at radius 2 is 1.21 bits per heavy atom. The minimum Gasteiger partial charge on any atom is -0.345 e. The molecule has 0 aromatic carbocycles. The van der Waals surface area contributed by atoms with Crippen molar-refractivity contribution in [2.45, 2.75) is 33.5 Å². The van der Waals surface area contributed by atoms with Crippen molar-refractivity contribution in [1.82, 2.24) is 9.80 Å². The fourth-order valence-corrected chi connectivity index (χ4v) is 3.65. The van der Waals surface area contributed by atoms with Gasteiger partial charge in [-0.05, 0) is 26.2 Å². The van der Waals surface area contributed by atoms with Gasteiger partial charge in [-0.1, -0.05) is 37.2 Å². The van der Waals surface area contributed by atoms with E-state index >= 15 is 0 Å². The Labute approximate surface area is 104 Å². The van der Waals surface area contributed by atoms with Gasteiger partial charge in [0.25, 0.3) is 0 Å². The summed E-state index contributed by atoms with van der Waals surface area (Å²) in [6, 6.07) is 0. The van der Waals surface area contributed by atoms with Crippen LogP contribution in [0.4, 0.5) is 0 Å². The second-order valence-corrected chi connectivity index (χ2v) is 4.52. The third kappa shape index (κ3) is 5.00. The van der Waals surface area contributed by atoms with Gasteiger partial charge in [-0.2, -0.15) is 0 Å². The van der Waals surface area contributed by atoms with Gasteiger partial charge in [0, 0.05) is 5.79 Å². The molecule has 0 heterocycles. The number of hydrogen-bond donors (Lipinski definition) is 0. The van der Waals surface area contributed by atoms with E-state index in [1.165, 1.54) is 0 Å². The zero-order valence-electron chi connectivity index (χ0n) is 10.7. The maximum absolute atomic E-state index is 4.18. The molecule has 0 aromatic rings. The minimum absolute atomic E-state index is 0. The zero-order chi connectivity index (χ0) is 10.3. The Morgan fingerprint density at radius 3 is 1.36 bits per heavy atom. The molecule has 0 unspecified atom stereocenters. The first-order chi connectivity index (χ1) is 6.24. The predicted molar refractivity (Wildman–Crippen MR) is 63.5 cm³/mol. The fraction of sp³-hybridized carbons (Fsp3) is 0.900. The molecule has 0 radical (unpaired) electrons. The number of rotatable bonds is 7. The summed E-state index contributed by atoms with van der Waals surface area (Å²) in [4.78, 5) is 5.07. The van der Waals surface area contributed by atoms with Crippen LogP contribution < -0.4 is 18.9 Å². The van der Waals surface area contributed by atoms with Gasteiger partial charge in [-0.25, -0.2) is 0 Å². The summed E-state index contributed by atoms with van der Waals surface area (Å²) >= 11 is 0. The van der Waals surface area contributed by atoms with Crippen molar-refractivity contribution in [3.63, 3.8) is 0 Å². The molecule has 0 fully saturated rings. The van der Waals surface area contributed by atoms with Crippen molar-refractivity contribution in [3.05, 3.63) is 6.55 Å². The normalized spacial score (nSPS) is 12.0. The summed E-state index contributed by atoms with van der Waals surface area (Å²) in [7, 11) is -0.209. The Balaban J connectivity index is 0. The van der Waals surface area contributed by atoms with Crippen LogP contribution in [-0.4, -0.2) is 51.3 Å². The van der Waals surface area contributed by atoms with Gasteiger partial charge in [0.2, 0.25) is 0 Å². The predicted octanol–water partition coefficient (Wildman–Crippen LogP) is -2.08. The molecule has 0 aliphatic rings. The molecule has 0 aliphatic heterocycles. The molecular formula is C10H25LiN2Si. The van der Waals surface area contributed by atoms with Crippen LogP contribution in [0.25, 0.3) is 0 Å². The molecule has 0 atom stereocenters. The summed E-state index contributed by atoms with van der Waals surface area (Å²) in [5.74, 6) is 0.671. The number of hydrogen-bond acceptors (Lipinski definition) is 2. The van der Waals surface area contributed by atoms with Crippen molar-refractivity contribution in [1.29, 1.82) is 0 Å². The Kier molecular flexibility index (Phi) is 12.6. The largest absolute Gasteiger partial charge is 1.00 e. The monoisotopic (exact) mass is 208 g/mol. The van der Waals surface area contributed by atoms with E-state index in [0.29, 0.717) is 5.79 Å². The molecule has 0 saturated carbocycles. The Morgan fingerprint density at radius 1 is 0.929 bits per heavy atom. The summed E-state index contributed by atoms with van der Waals surface area (Å²) in [6.45, 7) is 17.7. The third-order valence-corrected chi connectivity index (χ3v) is 4.28. The molecule has 80 valence electrons. The average molecular weight is 208 g/mol. The summed E-state index contributed by atoms with van der Waals surface area (Å²) in [5.41, 5.74) is 0. The van der Waals surface area contributed by atoms with E-state index < -0.39 is 0 Å². The van der Waals surface area contributed by atoms with Crippen molar-refractivity contribution < 1.29 is 18.9 Å². The van der Waals surface area contributed by atoms with Crippen molar-refractivity contribution in [2.75, 3.05) is 26.2 Å². The van der Waals surface area contributed by atoms with E-state index in [0.717, 1.165) is 26.2 Å². The molecule has 0 amide bonds. The average Bonchev–Trinajstić information content (AvgIpc) is 2.18. The van der Waals surface area contributed by atoms with Crippen LogP contribution in [0.15, 0.2) is 0 Å². The summed E-state index contributed by atoms with van der Waals surface area (Å²) < 4.78 is 0. The standard InChI is InChI=1S/C10H25N2Si.Li/c1-6-11(7-2)10(13-5)12(8-3)9-4;/h10H,5-9,13H2,1-4H3;/q-1;+1. The van der Waals surface area contributed by atoms with E-state index in [-0.39, 0.29) is 28.4 Å². The molecule has 0 aromatic heterocycles. The molecule has 4 heteroatoms. The molecule has 0 N–H and O–H groups in total. The van der Waals surface area contributed by atoms with Gasteiger partial charge in [0.05, 0.1) is 0 Å². The second kappa shape index (κ2) is 10.3. The van der Waals surface area contributed by atoms with E-state index in [1.54, 1.807) is 0 Å². The van der Waals surface area contributed by atoms with Crippen molar-refractivity contribution in [3.8, 4) is 0 Å². The third-order valence-electron chi connectivity index (χ3n) is 2.73. The second-order valence-electron chi connectivity index (χ2n) is 3.21. The molecule has 0 bridgehead atoms. The summed E-state index contributed by atoms with van der Waals surface area (Å²) in [6.07, 6.45) is 0. The molecular weight excluding hydrogens is 183 g/mol. The van der Waals surface area contributed by atoms with Gasteiger partial charge in [-0.3, -0.25) is 9.80 Å². The number of nitrogens with zero attached hydrogens (tertiary/aromatic N) is 2. The van der Waals surface area contributed by atoms with E-state index in [4.69, 9.17) is 0 Å². The zero-order valence-corrected chi connectivity index (χ0v) is 12.1. The first-order valence-electron chi connectivity index (χ1n) is 5.52. The maximum Gasteiger partial charge on any atom is 1.00 e. The molecule has 2 nitrogen and oxygen atoms in total. The minimum atomic E-state index is -0.209. The van der Waals surface area contributed by atoms with Crippen LogP contribution in [0, 0.1) is 6.55 Å². The van der Waals surface area contributed by atoms with E-state index in [1.807, 2.05) is 0 Å².